The number of nitrogens with zero attached hydrogens (tertiary/aromatic N) is 2. The first-order valence-electron chi connectivity index (χ1n) is 7.46. The summed E-state index contributed by atoms with van der Waals surface area (Å²) in [6, 6.07) is 0. The molecule has 1 fully saturated rings. The van der Waals surface area contributed by atoms with E-state index in [-0.39, 0.29) is 12.1 Å². The van der Waals surface area contributed by atoms with E-state index in [1.54, 1.807) is 4.68 Å². The van der Waals surface area contributed by atoms with Gasteiger partial charge in [-0.25, -0.2) is 4.79 Å². The second-order valence-electron chi connectivity index (χ2n) is 6.11. The van der Waals surface area contributed by atoms with Crippen LogP contribution in [0.3, 0.4) is 0 Å². The molecule has 1 heterocycles. The van der Waals surface area contributed by atoms with Gasteiger partial charge < -0.3 is 10.5 Å². The second kappa shape index (κ2) is 5.85. The van der Waals surface area contributed by atoms with Crippen molar-refractivity contribution in [3.63, 3.8) is 0 Å². The first kappa shape index (κ1) is 14.9. The van der Waals surface area contributed by atoms with Gasteiger partial charge in [0.2, 0.25) is 0 Å². The largest absolute Gasteiger partial charge is 0.458 e. The molecular formula is C15H25N3O2. The third-order valence-electron chi connectivity index (χ3n) is 4.08. The van der Waals surface area contributed by atoms with Crippen LogP contribution in [0.15, 0.2) is 0 Å². The smallest absolute Gasteiger partial charge is 0.359 e. The van der Waals surface area contributed by atoms with E-state index in [1.165, 1.54) is 6.42 Å². The normalized spacial score (nSPS) is 26.5. The van der Waals surface area contributed by atoms with Crippen molar-refractivity contribution in [3.8, 4) is 0 Å². The summed E-state index contributed by atoms with van der Waals surface area (Å²) in [7, 11) is 0. The SMILES string of the molecule is CCn1nc(C)c(N)c1C(=O)OC1CC(C)CC(C)C1. The van der Waals surface area contributed by atoms with Gasteiger partial charge in [0, 0.05) is 6.54 Å². The molecule has 1 aliphatic carbocycles. The van der Waals surface area contributed by atoms with E-state index in [0.29, 0.717) is 35.5 Å². The number of rotatable bonds is 3. The highest BCUT2D eigenvalue weighted by Crippen LogP contribution is 2.31. The van der Waals surface area contributed by atoms with Crippen LogP contribution >= 0.6 is 0 Å². The van der Waals surface area contributed by atoms with E-state index >= 15 is 0 Å². The van der Waals surface area contributed by atoms with Gasteiger partial charge in [-0.3, -0.25) is 4.68 Å². The monoisotopic (exact) mass is 279 g/mol. The van der Waals surface area contributed by atoms with Gasteiger partial charge >= 0.3 is 5.97 Å². The van der Waals surface area contributed by atoms with Crippen molar-refractivity contribution in [1.29, 1.82) is 0 Å². The number of nitrogen functional groups attached to an aromatic ring is 1. The van der Waals surface area contributed by atoms with Crippen molar-refractivity contribution < 1.29 is 9.53 Å². The third kappa shape index (κ3) is 2.97. The molecule has 2 rings (SSSR count). The Kier molecular flexibility index (Phi) is 4.35. The maximum atomic E-state index is 12.4. The minimum atomic E-state index is -0.337. The van der Waals surface area contributed by atoms with Crippen LogP contribution in [0.5, 0.6) is 0 Å². The molecule has 1 aromatic heterocycles. The highest BCUT2D eigenvalue weighted by atomic mass is 16.5. The van der Waals surface area contributed by atoms with Crippen molar-refractivity contribution in [2.45, 2.75) is 59.6 Å². The number of aromatic nitrogens is 2. The second-order valence-corrected chi connectivity index (χ2v) is 6.11. The van der Waals surface area contributed by atoms with Crippen LogP contribution in [0.2, 0.25) is 0 Å². The summed E-state index contributed by atoms with van der Waals surface area (Å²) in [6.07, 6.45) is 3.09. The number of aryl methyl sites for hydroxylation is 2. The Morgan fingerprint density at radius 2 is 1.95 bits per heavy atom. The topological polar surface area (TPSA) is 70.1 Å². The molecule has 0 aliphatic heterocycles. The first-order valence-corrected chi connectivity index (χ1v) is 7.46. The molecule has 0 amide bonds. The van der Waals surface area contributed by atoms with Crippen LogP contribution in [-0.4, -0.2) is 21.9 Å². The van der Waals surface area contributed by atoms with Crippen LogP contribution in [0, 0.1) is 18.8 Å². The van der Waals surface area contributed by atoms with E-state index in [9.17, 15) is 4.79 Å². The van der Waals surface area contributed by atoms with Gasteiger partial charge in [0.15, 0.2) is 5.69 Å². The average Bonchev–Trinajstić information content (AvgIpc) is 2.63. The Labute approximate surface area is 120 Å². The van der Waals surface area contributed by atoms with Gasteiger partial charge in [0.25, 0.3) is 0 Å². The molecule has 0 bridgehead atoms. The molecule has 0 saturated heterocycles. The molecule has 0 aromatic carbocycles. The Balaban J connectivity index is 2.12. The van der Waals surface area contributed by atoms with Crippen molar-refractivity contribution in [2.24, 2.45) is 11.8 Å². The number of esters is 1. The molecule has 1 saturated carbocycles. The highest BCUT2D eigenvalue weighted by Gasteiger charge is 2.29. The fraction of sp³-hybridized carbons (Fsp3) is 0.733. The summed E-state index contributed by atoms with van der Waals surface area (Å²) >= 11 is 0. The minimum absolute atomic E-state index is 0.00108. The fourth-order valence-electron chi connectivity index (χ4n) is 3.22. The summed E-state index contributed by atoms with van der Waals surface area (Å²) in [4.78, 5) is 12.4. The molecule has 2 atom stereocenters. The molecule has 2 unspecified atom stereocenters. The van der Waals surface area contributed by atoms with E-state index in [4.69, 9.17) is 10.5 Å². The number of anilines is 1. The first-order chi connectivity index (χ1) is 9.42. The number of nitrogens with two attached hydrogens (primary N) is 1. The molecule has 0 spiro atoms. The van der Waals surface area contributed by atoms with Crippen LogP contribution in [0.4, 0.5) is 5.69 Å². The summed E-state index contributed by atoms with van der Waals surface area (Å²) < 4.78 is 7.30. The Morgan fingerprint density at radius 3 is 2.50 bits per heavy atom. The quantitative estimate of drug-likeness (QED) is 0.864. The lowest BCUT2D eigenvalue weighted by Gasteiger charge is -2.31. The number of carbonyl (C=O) groups is 1. The third-order valence-corrected chi connectivity index (χ3v) is 4.08. The van der Waals surface area contributed by atoms with Gasteiger partial charge in [0.05, 0.1) is 11.4 Å². The van der Waals surface area contributed by atoms with Crippen molar-refractivity contribution in [1.82, 2.24) is 9.78 Å². The Morgan fingerprint density at radius 1 is 1.35 bits per heavy atom. The maximum absolute atomic E-state index is 12.4. The molecule has 1 aliphatic rings. The molecule has 112 valence electrons. The maximum Gasteiger partial charge on any atom is 0.359 e. The lowest BCUT2D eigenvalue weighted by Crippen LogP contribution is -2.29. The molecule has 5 nitrogen and oxygen atoms in total. The molecule has 2 N–H and O–H groups in total. The Hall–Kier alpha value is -1.52. The van der Waals surface area contributed by atoms with E-state index in [2.05, 4.69) is 18.9 Å². The predicted molar refractivity (Wildman–Crippen MR) is 78.4 cm³/mol. The molecule has 1 aromatic rings. The number of ether oxygens (including phenoxy) is 1. The number of carbonyl (C=O) groups excluding carboxylic acids is 1. The summed E-state index contributed by atoms with van der Waals surface area (Å²) in [6.45, 7) is 8.78. The highest BCUT2D eigenvalue weighted by molar-refractivity contribution is 5.93. The van der Waals surface area contributed by atoms with Gasteiger partial charge in [-0.2, -0.15) is 5.10 Å². The van der Waals surface area contributed by atoms with Crippen LogP contribution in [-0.2, 0) is 11.3 Å². The zero-order chi connectivity index (χ0) is 14.9. The summed E-state index contributed by atoms with van der Waals surface area (Å²) in [5.74, 6) is 0.870. The van der Waals surface area contributed by atoms with Gasteiger partial charge in [-0.1, -0.05) is 13.8 Å². The summed E-state index contributed by atoms with van der Waals surface area (Å²) in [5, 5.41) is 4.26. The predicted octanol–water partition coefficient (Wildman–Crippen LogP) is 2.78. The van der Waals surface area contributed by atoms with Crippen molar-refractivity contribution in [3.05, 3.63) is 11.4 Å². The lowest BCUT2D eigenvalue weighted by molar-refractivity contribution is 0.00696. The van der Waals surface area contributed by atoms with Gasteiger partial charge in [-0.15, -0.1) is 0 Å². The van der Waals surface area contributed by atoms with E-state index < -0.39 is 0 Å². The average molecular weight is 279 g/mol. The lowest BCUT2D eigenvalue weighted by atomic mass is 9.82. The summed E-state index contributed by atoms with van der Waals surface area (Å²) in [5.41, 5.74) is 7.48. The van der Waals surface area contributed by atoms with Crippen LogP contribution < -0.4 is 5.73 Å². The van der Waals surface area contributed by atoms with Crippen molar-refractivity contribution in [2.75, 3.05) is 5.73 Å². The van der Waals surface area contributed by atoms with E-state index in [1.807, 2.05) is 13.8 Å². The number of hydrogen-bond donors (Lipinski definition) is 1. The fourth-order valence-corrected chi connectivity index (χ4v) is 3.22. The minimum Gasteiger partial charge on any atom is -0.458 e. The molecule has 20 heavy (non-hydrogen) atoms. The van der Waals surface area contributed by atoms with Crippen LogP contribution in [0.25, 0.3) is 0 Å². The van der Waals surface area contributed by atoms with Gasteiger partial charge in [0.1, 0.15) is 6.10 Å². The van der Waals surface area contributed by atoms with Crippen LogP contribution in [0.1, 0.15) is 56.2 Å². The van der Waals surface area contributed by atoms with Gasteiger partial charge in [-0.05, 0) is 44.9 Å². The van der Waals surface area contributed by atoms with E-state index in [0.717, 1.165) is 12.8 Å². The zero-order valence-corrected chi connectivity index (χ0v) is 12.8. The Bertz CT molecular complexity index is 486. The number of hydrogen-bond acceptors (Lipinski definition) is 4. The molecular weight excluding hydrogens is 254 g/mol. The standard InChI is InChI=1S/C15H25N3O2/c1-5-18-14(13(16)11(4)17-18)15(19)20-12-7-9(2)6-10(3)8-12/h9-10,12H,5-8,16H2,1-4H3. The zero-order valence-electron chi connectivity index (χ0n) is 12.8. The van der Waals surface area contributed by atoms with Crippen molar-refractivity contribution >= 4 is 11.7 Å². The molecule has 5 heteroatoms. The molecule has 0 radical (unpaired) electrons.